The Morgan fingerprint density at radius 2 is 1.33 bits per heavy atom. The Hall–Kier alpha value is -1.31. The highest BCUT2D eigenvalue weighted by Gasteiger charge is 2.07. The van der Waals surface area contributed by atoms with Crippen LogP contribution >= 0.6 is 0 Å². The molecule has 0 unspecified atom stereocenters. The van der Waals surface area contributed by atoms with Crippen LogP contribution in [0.5, 0.6) is 0 Å². The van der Waals surface area contributed by atoms with Crippen molar-refractivity contribution < 1.29 is 9.53 Å². The van der Waals surface area contributed by atoms with Crippen LogP contribution in [0.15, 0.2) is 18.2 Å². The molecule has 0 amide bonds. The summed E-state index contributed by atoms with van der Waals surface area (Å²) in [4.78, 5) is 11.5. The van der Waals surface area contributed by atoms with Crippen molar-refractivity contribution in [1.29, 1.82) is 0 Å². The van der Waals surface area contributed by atoms with E-state index in [9.17, 15) is 4.79 Å². The van der Waals surface area contributed by atoms with E-state index in [4.69, 9.17) is 4.74 Å². The number of methoxy groups -OCH3 is 1. The molecule has 0 atom stereocenters. The number of ether oxygens (including phenoxy) is 1. The summed E-state index contributed by atoms with van der Waals surface area (Å²) in [5.74, 6) is -0.153. The van der Waals surface area contributed by atoms with Crippen LogP contribution in [0, 0.1) is 0 Å². The highest BCUT2D eigenvalue weighted by molar-refractivity contribution is 5.72. The second-order valence-electron chi connectivity index (χ2n) is 5.82. The standard InChI is InChI=1S/C19H30O2/c1-4-6-8-10-16-12-17(11-9-7-5-2)14-18(13-16)15-19(20)21-3/h12-14H,4-11,15H2,1-3H3. The van der Waals surface area contributed by atoms with Crippen molar-refractivity contribution in [3.8, 4) is 0 Å². The van der Waals surface area contributed by atoms with Crippen molar-refractivity contribution in [3.05, 3.63) is 34.9 Å². The molecule has 0 aliphatic carbocycles. The van der Waals surface area contributed by atoms with Crippen molar-refractivity contribution in [2.45, 2.75) is 71.6 Å². The highest BCUT2D eigenvalue weighted by atomic mass is 16.5. The third-order valence-electron chi connectivity index (χ3n) is 3.83. The molecular formula is C19H30O2. The van der Waals surface area contributed by atoms with Gasteiger partial charge in [-0.25, -0.2) is 0 Å². The number of esters is 1. The maximum atomic E-state index is 11.5. The van der Waals surface area contributed by atoms with Crippen molar-refractivity contribution in [3.63, 3.8) is 0 Å². The smallest absolute Gasteiger partial charge is 0.309 e. The number of aryl methyl sites for hydroxylation is 2. The minimum Gasteiger partial charge on any atom is -0.469 e. The molecule has 1 rings (SSSR count). The second-order valence-corrected chi connectivity index (χ2v) is 5.82. The van der Waals surface area contributed by atoms with Gasteiger partial charge in [0.05, 0.1) is 13.5 Å². The first-order valence-electron chi connectivity index (χ1n) is 8.38. The molecule has 0 heterocycles. The van der Waals surface area contributed by atoms with E-state index in [0.717, 1.165) is 18.4 Å². The molecule has 0 fully saturated rings. The minimum atomic E-state index is -0.153. The number of unbranched alkanes of at least 4 members (excludes halogenated alkanes) is 4. The lowest BCUT2D eigenvalue weighted by Gasteiger charge is -2.10. The fourth-order valence-corrected chi connectivity index (χ4v) is 2.63. The van der Waals surface area contributed by atoms with Gasteiger partial charge in [-0.05, 0) is 42.4 Å². The van der Waals surface area contributed by atoms with Crippen molar-refractivity contribution in [2.24, 2.45) is 0 Å². The SMILES string of the molecule is CCCCCc1cc(CCCCC)cc(CC(=O)OC)c1. The van der Waals surface area contributed by atoms with Crippen LogP contribution < -0.4 is 0 Å². The first kappa shape index (κ1) is 17.7. The first-order chi connectivity index (χ1) is 10.2. The maximum Gasteiger partial charge on any atom is 0.309 e. The number of carbonyl (C=O) groups is 1. The predicted octanol–water partition coefficient (Wildman–Crippen LogP) is 4.87. The van der Waals surface area contributed by atoms with Crippen molar-refractivity contribution >= 4 is 5.97 Å². The van der Waals surface area contributed by atoms with E-state index in [2.05, 4.69) is 32.0 Å². The maximum absolute atomic E-state index is 11.5. The van der Waals surface area contributed by atoms with Gasteiger partial charge >= 0.3 is 5.97 Å². The van der Waals surface area contributed by atoms with Gasteiger partial charge in [0.2, 0.25) is 0 Å². The Bertz CT molecular complexity index is 395. The van der Waals surface area contributed by atoms with E-state index in [1.165, 1.54) is 56.8 Å². The van der Waals surface area contributed by atoms with E-state index >= 15 is 0 Å². The van der Waals surface area contributed by atoms with Crippen molar-refractivity contribution in [1.82, 2.24) is 0 Å². The monoisotopic (exact) mass is 290 g/mol. The fourth-order valence-electron chi connectivity index (χ4n) is 2.63. The summed E-state index contributed by atoms with van der Waals surface area (Å²) < 4.78 is 4.79. The number of carbonyl (C=O) groups excluding carboxylic acids is 1. The van der Waals surface area contributed by atoms with Gasteiger partial charge in [-0.15, -0.1) is 0 Å². The zero-order valence-electron chi connectivity index (χ0n) is 13.9. The molecule has 1 aromatic rings. The third kappa shape index (κ3) is 7.31. The van der Waals surface area contributed by atoms with Gasteiger partial charge < -0.3 is 4.74 Å². The molecule has 0 N–H and O–H groups in total. The molecule has 0 saturated heterocycles. The number of rotatable bonds is 10. The normalized spacial score (nSPS) is 10.6. The molecule has 0 aliphatic rings. The Morgan fingerprint density at radius 1 is 0.857 bits per heavy atom. The third-order valence-corrected chi connectivity index (χ3v) is 3.83. The molecule has 118 valence electrons. The van der Waals surface area contributed by atoms with Crippen LogP contribution in [0.2, 0.25) is 0 Å². The molecule has 0 aliphatic heterocycles. The zero-order chi connectivity index (χ0) is 15.5. The van der Waals surface area contributed by atoms with Gasteiger partial charge in [0.15, 0.2) is 0 Å². The molecule has 2 heteroatoms. The summed E-state index contributed by atoms with van der Waals surface area (Å²) in [7, 11) is 1.45. The van der Waals surface area contributed by atoms with Gasteiger partial charge in [-0.3, -0.25) is 4.79 Å². The van der Waals surface area contributed by atoms with E-state index in [1.807, 2.05) is 0 Å². The number of hydrogen-bond donors (Lipinski definition) is 0. The lowest BCUT2D eigenvalue weighted by molar-refractivity contribution is -0.139. The quantitative estimate of drug-likeness (QED) is 0.454. The van der Waals surface area contributed by atoms with Gasteiger partial charge in [0.25, 0.3) is 0 Å². The Labute approximate surface area is 129 Å². The average molecular weight is 290 g/mol. The molecular weight excluding hydrogens is 260 g/mol. The van der Waals surface area contributed by atoms with Crippen LogP contribution in [0.3, 0.4) is 0 Å². The van der Waals surface area contributed by atoms with Gasteiger partial charge in [-0.2, -0.15) is 0 Å². The molecule has 2 nitrogen and oxygen atoms in total. The Kier molecular flexibility index (Phi) is 8.80. The van der Waals surface area contributed by atoms with Crippen molar-refractivity contribution in [2.75, 3.05) is 7.11 Å². The summed E-state index contributed by atoms with van der Waals surface area (Å²) in [5, 5.41) is 0. The zero-order valence-corrected chi connectivity index (χ0v) is 13.9. The Morgan fingerprint density at radius 3 is 1.76 bits per heavy atom. The summed E-state index contributed by atoms with van der Waals surface area (Å²) in [6.07, 6.45) is 10.1. The summed E-state index contributed by atoms with van der Waals surface area (Å²) in [5.41, 5.74) is 3.84. The topological polar surface area (TPSA) is 26.3 Å². The summed E-state index contributed by atoms with van der Waals surface area (Å²) in [6.45, 7) is 4.45. The molecule has 0 radical (unpaired) electrons. The number of hydrogen-bond acceptors (Lipinski definition) is 2. The predicted molar refractivity (Wildman–Crippen MR) is 88.6 cm³/mol. The minimum absolute atomic E-state index is 0.153. The highest BCUT2D eigenvalue weighted by Crippen LogP contribution is 2.17. The van der Waals surface area contributed by atoms with Gasteiger partial charge in [-0.1, -0.05) is 57.7 Å². The molecule has 0 saturated carbocycles. The molecule has 1 aromatic carbocycles. The van der Waals surface area contributed by atoms with Crippen LogP contribution in [0.1, 0.15) is 69.1 Å². The van der Waals surface area contributed by atoms with Crippen LogP contribution in [0.4, 0.5) is 0 Å². The van der Waals surface area contributed by atoms with E-state index in [-0.39, 0.29) is 5.97 Å². The molecule has 0 spiro atoms. The van der Waals surface area contributed by atoms with Crippen LogP contribution in [-0.2, 0) is 28.8 Å². The largest absolute Gasteiger partial charge is 0.469 e. The lowest BCUT2D eigenvalue weighted by Crippen LogP contribution is -2.05. The van der Waals surface area contributed by atoms with E-state index in [1.54, 1.807) is 0 Å². The summed E-state index contributed by atoms with van der Waals surface area (Å²) in [6, 6.07) is 6.68. The van der Waals surface area contributed by atoms with Gasteiger partial charge in [0.1, 0.15) is 0 Å². The lowest BCUT2D eigenvalue weighted by atomic mass is 9.97. The number of benzene rings is 1. The average Bonchev–Trinajstić information content (AvgIpc) is 2.47. The van der Waals surface area contributed by atoms with E-state index in [0.29, 0.717) is 6.42 Å². The molecule has 0 aromatic heterocycles. The van der Waals surface area contributed by atoms with Gasteiger partial charge in [0, 0.05) is 0 Å². The Balaban J connectivity index is 2.77. The summed E-state index contributed by atoms with van der Waals surface area (Å²) >= 11 is 0. The van der Waals surface area contributed by atoms with Crippen LogP contribution in [-0.4, -0.2) is 13.1 Å². The fraction of sp³-hybridized carbons (Fsp3) is 0.632. The molecule has 21 heavy (non-hydrogen) atoms. The van der Waals surface area contributed by atoms with Crippen LogP contribution in [0.25, 0.3) is 0 Å². The molecule has 0 bridgehead atoms. The first-order valence-corrected chi connectivity index (χ1v) is 8.38. The van der Waals surface area contributed by atoms with E-state index < -0.39 is 0 Å². The second kappa shape index (κ2) is 10.4.